The zero-order chi connectivity index (χ0) is 7.72. The van der Waals surface area contributed by atoms with Gasteiger partial charge in [-0.15, -0.1) is 0 Å². The summed E-state index contributed by atoms with van der Waals surface area (Å²) in [5, 5.41) is 0. The summed E-state index contributed by atoms with van der Waals surface area (Å²) in [6, 6.07) is 0. The molecule has 0 bridgehead atoms. The molecule has 0 saturated heterocycles. The first-order valence-corrected chi connectivity index (χ1v) is 4.86. The van der Waals surface area contributed by atoms with Crippen LogP contribution in [0.15, 0.2) is 6.20 Å². The van der Waals surface area contributed by atoms with Gasteiger partial charge in [-0.1, -0.05) is 22.6 Å². The summed E-state index contributed by atoms with van der Waals surface area (Å²) >= 11 is 2.40. The van der Waals surface area contributed by atoms with E-state index in [1.807, 2.05) is 0 Å². The van der Waals surface area contributed by atoms with Crippen LogP contribution in [0.1, 0.15) is 16.8 Å². The van der Waals surface area contributed by atoms with Gasteiger partial charge in [0.15, 0.2) is 0 Å². The maximum atomic E-state index is 2.40. The van der Waals surface area contributed by atoms with Gasteiger partial charge in [-0.25, -0.2) is 0 Å². The highest BCUT2D eigenvalue weighted by Gasteiger charge is 2.03. The summed E-state index contributed by atoms with van der Waals surface area (Å²) in [5.41, 5.74) is 4.28. The Morgan fingerprint density at radius 3 is 2.30 bits per heavy atom. The van der Waals surface area contributed by atoms with Crippen LogP contribution >= 0.6 is 22.6 Å². The first-order chi connectivity index (χ1) is 4.66. The van der Waals surface area contributed by atoms with Gasteiger partial charge in [-0.05, 0) is 25.0 Å². The number of rotatable bonds is 1. The molecule has 1 heterocycles. The van der Waals surface area contributed by atoms with Crippen LogP contribution in [0.4, 0.5) is 0 Å². The van der Waals surface area contributed by atoms with Crippen molar-refractivity contribution in [2.24, 2.45) is 7.05 Å². The van der Waals surface area contributed by atoms with Crippen LogP contribution in [0.2, 0.25) is 0 Å². The number of aromatic nitrogens is 1. The Bertz CT molecular complexity index is 238. The highest BCUT2D eigenvalue weighted by Crippen LogP contribution is 2.16. The standard InChI is InChI=1S/C8H12IN/c1-6-5-10(3)8(4-9)7(6)2/h5H,4H2,1-3H3. The lowest BCUT2D eigenvalue weighted by atomic mass is 10.2. The summed E-state index contributed by atoms with van der Waals surface area (Å²) in [6.45, 7) is 4.34. The minimum atomic E-state index is 1.11. The maximum absolute atomic E-state index is 2.40. The SMILES string of the molecule is Cc1cn(C)c(CI)c1C. The van der Waals surface area contributed by atoms with Crippen molar-refractivity contribution in [3.8, 4) is 0 Å². The normalized spacial score (nSPS) is 10.4. The van der Waals surface area contributed by atoms with E-state index in [1.54, 1.807) is 0 Å². The summed E-state index contributed by atoms with van der Waals surface area (Å²) < 4.78 is 3.31. The van der Waals surface area contributed by atoms with Crippen molar-refractivity contribution < 1.29 is 0 Å². The summed E-state index contributed by atoms with van der Waals surface area (Å²) in [5.74, 6) is 0. The molecule has 10 heavy (non-hydrogen) atoms. The highest BCUT2D eigenvalue weighted by atomic mass is 127. The largest absolute Gasteiger partial charge is 0.353 e. The predicted octanol–water partition coefficient (Wildman–Crippen LogP) is 2.58. The third kappa shape index (κ3) is 1.21. The Kier molecular flexibility index (Phi) is 2.39. The molecule has 0 aromatic carbocycles. The Labute approximate surface area is 75.6 Å². The van der Waals surface area contributed by atoms with E-state index < -0.39 is 0 Å². The molecule has 0 fully saturated rings. The van der Waals surface area contributed by atoms with Crippen LogP contribution in [0.5, 0.6) is 0 Å². The Hall–Kier alpha value is 0.01000. The van der Waals surface area contributed by atoms with E-state index in [1.165, 1.54) is 16.8 Å². The fourth-order valence-corrected chi connectivity index (χ4v) is 2.26. The number of halogens is 1. The van der Waals surface area contributed by atoms with Crippen LogP contribution in [0.25, 0.3) is 0 Å². The Morgan fingerprint density at radius 1 is 1.50 bits per heavy atom. The van der Waals surface area contributed by atoms with Crippen LogP contribution in [0.3, 0.4) is 0 Å². The Morgan fingerprint density at radius 2 is 2.10 bits per heavy atom. The summed E-state index contributed by atoms with van der Waals surface area (Å²) in [6.07, 6.45) is 2.18. The second-order valence-corrected chi connectivity index (χ2v) is 3.39. The Balaban J connectivity index is 3.20. The molecular formula is C8H12IN. The molecule has 1 aromatic heterocycles. The van der Waals surface area contributed by atoms with E-state index in [2.05, 4.69) is 54.2 Å². The fourth-order valence-electron chi connectivity index (χ4n) is 1.15. The molecule has 56 valence electrons. The van der Waals surface area contributed by atoms with Gasteiger partial charge in [-0.2, -0.15) is 0 Å². The van der Waals surface area contributed by atoms with E-state index in [-0.39, 0.29) is 0 Å². The van der Waals surface area contributed by atoms with Crippen LogP contribution in [-0.2, 0) is 11.5 Å². The first kappa shape index (κ1) is 8.11. The molecule has 0 unspecified atom stereocenters. The number of aryl methyl sites for hydroxylation is 2. The van der Waals surface area contributed by atoms with Crippen molar-refractivity contribution in [3.05, 3.63) is 23.0 Å². The predicted molar refractivity (Wildman–Crippen MR) is 52.6 cm³/mol. The van der Waals surface area contributed by atoms with Crippen molar-refractivity contribution >= 4 is 22.6 Å². The van der Waals surface area contributed by atoms with Crippen molar-refractivity contribution in [3.63, 3.8) is 0 Å². The van der Waals surface area contributed by atoms with Crippen molar-refractivity contribution in [2.75, 3.05) is 0 Å². The van der Waals surface area contributed by atoms with E-state index in [9.17, 15) is 0 Å². The van der Waals surface area contributed by atoms with Crippen molar-refractivity contribution in [1.29, 1.82) is 0 Å². The van der Waals surface area contributed by atoms with Crippen LogP contribution in [-0.4, -0.2) is 4.57 Å². The van der Waals surface area contributed by atoms with Gasteiger partial charge in [0.1, 0.15) is 0 Å². The lowest BCUT2D eigenvalue weighted by Crippen LogP contribution is -1.91. The average molecular weight is 249 g/mol. The second kappa shape index (κ2) is 2.95. The average Bonchev–Trinajstić information content (AvgIpc) is 2.09. The fraction of sp³-hybridized carbons (Fsp3) is 0.500. The summed E-state index contributed by atoms with van der Waals surface area (Å²) in [4.78, 5) is 0. The molecule has 0 aliphatic carbocycles. The zero-order valence-corrected chi connectivity index (χ0v) is 8.77. The molecule has 2 heteroatoms. The smallest absolute Gasteiger partial charge is 0.0403 e. The van der Waals surface area contributed by atoms with Gasteiger partial charge < -0.3 is 4.57 Å². The van der Waals surface area contributed by atoms with Crippen molar-refractivity contribution in [1.82, 2.24) is 4.57 Å². The van der Waals surface area contributed by atoms with Gasteiger partial charge in [0.2, 0.25) is 0 Å². The molecule has 1 rings (SSSR count). The third-order valence-corrected chi connectivity index (χ3v) is 2.69. The number of nitrogens with zero attached hydrogens (tertiary/aromatic N) is 1. The molecule has 0 radical (unpaired) electrons. The van der Waals surface area contributed by atoms with E-state index in [0.29, 0.717) is 0 Å². The molecule has 0 aliphatic rings. The van der Waals surface area contributed by atoms with E-state index in [4.69, 9.17) is 0 Å². The minimum absolute atomic E-state index is 1.11. The maximum Gasteiger partial charge on any atom is 0.0403 e. The van der Waals surface area contributed by atoms with Gasteiger partial charge in [0.05, 0.1) is 0 Å². The molecule has 1 nitrogen and oxygen atoms in total. The van der Waals surface area contributed by atoms with Crippen LogP contribution in [0, 0.1) is 13.8 Å². The molecule has 0 atom stereocenters. The molecule has 0 saturated carbocycles. The number of hydrogen-bond donors (Lipinski definition) is 0. The van der Waals surface area contributed by atoms with Gasteiger partial charge in [0, 0.05) is 23.4 Å². The number of alkyl halides is 1. The summed E-state index contributed by atoms with van der Waals surface area (Å²) in [7, 11) is 2.11. The number of hydrogen-bond acceptors (Lipinski definition) is 0. The first-order valence-electron chi connectivity index (χ1n) is 3.34. The van der Waals surface area contributed by atoms with E-state index >= 15 is 0 Å². The lowest BCUT2D eigenvalue weighted by molar-refractivity contribution is 0.873. The molecule has 0 amide bonds. The molecule has 0 aliphatic heterocycles. The van der Waals surface area contributed by atoms with Gasteiger partial charge in [0.25, 0.3) is 0 Å². The molecule has 1 aromatic rings. The highest BCUT2D eigenvalue weighted by molar-refractivity contribution is 14.1. The van der Waals surface area contributed by atoms with Crippen LogP contribution < -0.4 is 0 Å². The lowest BCUT2D eigenvalue weighted by Gasteiger charge is -1.98. The third-order valence-electron chi connectivity index (χ3n) is 1.96. The van der Waals surface area contributed by atoms with Crippen molar-refractivity contribution in [2.45, 2.75) is 18.3 Å². The minimum Gasteiger partial charge on any atom is -0.353 e. The van der Waals surface area contributed by atoms with E-state index in [0.717, 1.165) is 4.43 Å². The molecular weight excluding hydrogens is 237 g/mol. The van der Waals surface area contributed by atoms with Gasteiger partial charge in [-0.3, -0.25) is 0 Å². The quantitative estimate of drug-likeness (QED) is 0.532. The monoisotopic (exact) mass is 249 g/mol. The zero-order valence-electron chi connectivity index (χ0n) is 6.61. The molecule has 0 spiro atoms. The van der Waals surface area contributed by atoms with Gasteiger partial charge >= 0.3 is 0 Å². The molecule has 0 N–H and O–H groups in total. The second-order valence-electron chi connectivity index (χ2n) is 2.63. The topological polar surface area (TPSA) is 4.93 Å².